The molecule has 0 heterocycles. The van der Waals surface area contributed by atoms with E-state index in [4.69, 9.17) is 0 Å². The summed E-state index contributed by atoms with van der Waals surface area (Å²) >= 11 is 0. The molecule has 0 N–H and O–H groups in total. The maximum atomic E-state index is 2.58. The molecule has 0 bridgehead atoms. The SMILES string of the molecule is CC1(C)CCCC2(C)C1CCCC2(C)C. The lowest BCUT2D eigenvalue weighted by atomic mass is 9.44. The van der Waals surface area contributed by atoms with Gasteiger partial charge in [0.15, 0.2) is 0 Å². The van der Waals surface area contributed by atoms with Crippen LogP contribution in [0, 0.1) is 22.2 Å². The number of rotatable bonds is 0. The maximum Gasteiger partial charge on any atom is -0.0241 e. The van der Waals surface area contributed by atoms with Crippen LogP contribution in [0.3, 0.4) is 0 Å². The van der Waals surface area contributed by atoms with Crippen molar-refractivity contribution >= 4 is 0 Å². The normalized spacial score (nSPS) is 43.4. The van der Waals surface area contributed by atoms with Crippen molar-refractivity contribution in [1.82, 2.24) is 0 Å². The summed E-state index contributed by atoms with van der Waals surface area (Å²) in [6, 6.07) is 0. The Bertz CT molecular complexity index is 249. The Balaban J connectivity index is 2.36. The Morgan fingerprint density at radius 1 is 0.800 bits per heavy atom. The monoisotopic (exact) mass is 208 g/mol. The summed E-state index contributed by atoms with van der Waals surface area (Å²) in [6.07, 6.45) is 8.74. The first-order valence-electron chi connectivity index (χ1n) is 6.80. The number of fused-ring (bicyclic) bond motifs is 1. The van der Waals surface area contributed by atoms with Gasteiger partial charge in [-0.3, -0.25) is 0 Å². The summed E-state index contributed by atoms with van der Waals surface area (Å²) in [7, 11) is 0. The minimum atomic E-state index is 0.563. The largest absolute Gasteiger partial charge is 0.0596 e. The molecule has 0 aromatic heterocycles. The van der Waals surface area contributed by atoms with Gasteiger partial charge >= 0.3 is 0 Å². The Morgan fingerprint density at radius 3 is 2.07 bits per heavy atom. The Morgan fingerprint density at radius 2 is 1.47 bits per heavy atom. The van der Waals surface area contributed by atoms with E-state index in [1.54, 1.807) is 0 Å². The molecular weight excluding hydrogens is 180 g/mol. The van der Waals surface area contributed by atoms with Crippen LogP contribution in [0.5, 0.6) is 0 Å². The van der Waals surface area contributed by atoms with Crippen molar-refractivity contribution in [2.24, 2.45) is 22.2 Å². The molecule has 15 heavy (non-hydrogen) atoms. The van der Waals surface area contributed by atoms with Crippen LogP contribution in [0.1, 0.15) is 73.1 Å². The summed E-state index contributed by atoms with van der Waals surface area (Å²) in [5.41, 5.74) is 1.76. The second-order valence-corrected chi connectivity index (χ2v) is 7.59. The summed E-state index contributed by atoms with van der Waals surface area (Å²) < 4.78 is 0. The van der Waals surface area contributed by atoms with Gasteiger partial charge in [0.1, 0.15) is 0 Å². The first-order chi connectivity index (χ1) is 6.80. The Labute approximate surface area is 95.8 Å². The molecule has 0 amide bonds. The van der Waals surface area contributed by atoms with E-state index in [0.717, 1.165) is 5.92 Å². The lowest BCUT2D eigenvalue weighted by Gasteiger charge is -2.61. The third-order valence-corrected chi connectivity index (χ3v) is 6.07. The van der Waals surface area contributed by atoms with Crippen LogP contribution < -0.4 is 0 Å². The molecule has 0 heteroatoms. The molecular formula is C15H28. The van der Waals surface area contributed by atoms with Crippen molar-refractivity contribution in [1.29, 1.82) is 0 Å². The van der Waals surface area contributed by atoms with Crippen molar-refractivity contribution in [2.45, 2.75) is 73.1 Å². The second-order valence-electron chi connectivity index (χ2n) is 7.59. The van der Waals surface area contributed by atoms with E-state index in [1.165, 1.54) is 38.5 Å². The molecule has 2 saturated carbocycles. The standard InChI is InChI=1S/C15H28/c1-13(2)9-7-11-15(5)12(13)8-6-10-14(15,3)4/h12H,6-11H2,1-5H3. The molecule has 0 spiro atoms. The fraction of sp³-hybridized carbons (Fsp3) is 1.00. The van der Waals surface area contributed by atoms with Crippen molar-refractivity contribution in [3.05, 3.63) is 0 Å². The van der Waals surface area contributed by atoms with Gasteiger partial charge in [0.25, 0.3) is 0 Å². The number of hydrogen-bond acceptors (Lipinski definition) is 0. The third-order valence-electron chi connectivity index (χ3n) is 6.07. The fourth-order valence-corrected chi connectivity index (χ4v) is 4.68. The van der Waals surface area contributed by atoms with E-state index in [0.29, 0.717) is 16.2 Å². The van der Waals surface area contributed by atoms with Crippen LogP contribution in [-0.4, -0.2) is 0 Å². The van der Waals surface area contributed by atoms with Gasteiger partial charge in [-0.2, -0.15) is 0 Å². The summed E-state index contributed by atoms with van der Waals surface area (Å²) in [5.74, 6) is 0.961. The van der Waals surface area contributed by atoms with Crippen LogP contribution in [0.15, 0.2) is 0 Å². The molecule has 2 aliphatic rings. The molecule has 2 rings (SSSR count). The third kappa shape index (κ3) is 1.56. The van der Waals surface area contributed by atoms with E-state index >= 15 is 0 Å². The second kappa shape index (κ2) is 3.25. The highest BCUT2D eigenvalue weighted by Crippen LogP contribution is 2.64. The smallest absolute Gasteiger partial charge is 0.0241 e. The van der Waals surface area contributed by atoms with E-state index < -0.39 is 0 Å². The van der Waals surface area contributed by atoms with Crippen molar-refractivity contribution in [3.8, 4) is 0 Å². The Hall–Kier alpha value is 0. The van der Waals surface area contributed by atoms with Crippen LogP contribution >= 0.6 is 0 Å². The van der Waals surface area contributed by atoms with Crippen LogP contribution in [0.2, 0.25) is 0 Å². The quantitative estimate of drug-likeness (QED) is 0.524. The first-order valence-corrected chi connectivity index (χ1v) is 6.80. The van der Waals surface area contributed by atoms with Crippen LogP contribution in [-0.2, 0) is 0 Å². The number of hydrogen-bond donors (Lipinski definition) is 0. The highest BCUT2D eigenvalue weighted by Gasteiger charge is 2.54. The van der Waals surface area contributed by atoms with Crippen molar-refractivity contribution < 1.29 is 0 Å². The first kappa shape index (κ1) is 11.5. The zero-order valence-corrected chi connectivity index (χ0v) is 11.3. The zero-order valence-electron chi connectivity index (χ0n) is 11.3. The van der Waals surface area contributed by atoms with Crippen LogP contribution in [0.25, 0.3) is 0 Å². The predicted octanol–water partition coefficient (Wildman–Crippen LogP) is 5.03. The topological polar surface area (TPSA) is 0 Å². The van der Waals surface area contributed by atoms with E-state index in [-0.39, 0.29) is 0 Å². The lowest BCUT2D eigenvalue weighted by molar-refractivity contribution is -0.113. The summed E-state index contributed by atoms with van der Waals surface area (Å²) in [4.78, 5) is 0. The summed E-state index contributed by atoms with van der Waals surface area (Å²) in [6.45, 7) is 12.6. The van der Waals surface area contributed by atoms with Gasteiger partial charge in [-0.1, -0.05) is 47.5 Å². The zero-order chi connectivity index (χ0) is 11.3. The average molecular weight is 208 g/mol. The fourth-order valence-electron chi connectivity index (χ4n) is 4.68. The molecule has 0 radical (unpaired) electrons. The van der Waals surface area contributed by atoms with Gasteiger partial charge in [0.05, 0.1) is 0 Å². The lowest BCUT2D eigenvalue weighted by Crippen LogP contribution is -2.52. The van der Waals surface area contributed by atoms with Gasteiger partial charge < -0.3 is 0 Å². The van der Waals surface area contributed by atoms with Gasteiger partial charge in [-0.15, -0.1) is 0 Å². The molecule has 88 valence electrons. The molecule has 0 aromatic carbocycles. The molecule has 0 aromatic rings. The molecule has 2 unspecified atom stereocenters. The maximum absolute atomic E-state index is 2.58. The van der Waals surface area contributed by atoms with E-state index in [2.05, 4.69) is 34.6 Å². The van der Waals surface area contributed by atoms with Gasteiger partial charge in [0, 0.05) is 0 Å². The molecule has 0 saturated heterocycles. The average Bonchev–Trinajstić information content (AvgIpc) is 2.07. The predicted molar refractivity (Wildman–Crippen MR) is 66.9 cm³/mol. The summed E-state index contributed by atoms with van der Waals surface area (Å²) in [5, 5.41) is 0. The van der Waals surface area contributed by atoms with Gasteiger partial charge in [-0.05, 0) is 47.8 Å². The van der Waals surface area contributed by atoms with Gasteiger partial charge in [0.2, 0.25) is 0 Å². The van der Waals surface area contributed by atoms with E-state index in [1.807, 2.05) is 0 Å². The molecule has 0 nitrogen and oxygen atoms in total. The highest BCUT2D eigenvalue weighted by atomic mass is 14.6. The molecule has 2 fully saturated rings. The van der Waals surface area contributed by atoms with Crippen molar-refractivity contribution in [3.63, 3.8) is 0 Å². The minimum Gasteiger partial charge on any atom is -0.0596 e. The van der Waals surface area contributed by atoms with E-state index in [9.17, 15) is 0 Å². The molecule has 2 aliphatic carbocycles. The molecule has 0 aliphatic heterocycles. The Kier molecular flexibility index (Phi) is 2.48. The molecule has 2 atom stereocenters. The highest BCUT2D eigenvalue weighted by molar-refractivity contribution is 5.04. The minimum absolute atomic E-state index is 0.563. The van der Waals surface area contributed by atoms with Crippen molar-refractivity contribution in [2.75, 3.05) is 0 Å². The van der Waals surface area contributed by atoms with Crippen LogP contribution in [0.4, 0.5) is 0 Å². The van der Waals surface area contributed by atoms with Gasteiger partial charge in [-0.25, -0.2) is 0 Å².